The number of carbonyl (C=O) groups excluding carboxylic acids is 1. The third-order valence-corrected chi connectivity index (χ3v) is 6.73. The van der Waals surface area contributed by atoms with Gasteiger partial charge in [0, 0.05) is 6.54 Å². The molecule has 0 radical (unpaired) electrons. The molecule has 0 N–H and O–H groups in total. The topological polar surface area (TPSA) is 57.2 Å². The maximum absolute atomic E-state index is 13.6. The van der Waals surface area contributed by atoms with Crippen molar-refractivity contribution in [2.24, 2.45) is 0 Å². The molecule has 3 aromatic carbocycles. The van der Waals surface area contributed by atoms with E-state index < -0.39 is 0 Å². The summed E-state index contributed by atoms with van der Waals surface area (Å²) in [7, 11) is 4.81. The molecule has 1 atom stereocenters. The van der Waals surface area contributed by atoms with Gasteiger partial charge >= 0.3 is 0 Å². The predicted octanol–water partition coefficient (Wildman–Crippen LogP) is 5.84. The first-order valence-electron chi connectivity index (χ1n) is 10.7. The van der Waals surface area contributed by atoms with E-state index in [1.165, 1.54) is 0 Å². The number of hydrogen-bond donors (Lipinski definition) is 0. The van der Waals surface area contributed by atoms with Gasteiger partial charge in [0.2, 0.25) is 0 Å². The Balaban J connectivity index is 1.71. The van der Waals surface area contributed by atoms with Crippen LogP contribution in [0.1, 0.15) is 27.5 Å². The number of ether oxygens (including phenoxy) is 4. The van der Waals surface area contributed by atoms with E-state index in [1.54, 1.807) is 44.4 Å². The van der Waals surface area contributed by atoms with E-state index in [0.29, 0.717) is 40.8 Å². The Morgan fingerprint density at radius 1 is 0.941 bits per heavy atom. The first-order chi connectivity index (χ1) is 16.5. The molecule has 1 aliphatic heterocycles. The highest BCUT2D eigenvalue weighted by atomic mass is 35.5. The van der Waals surface area contributed by atoms with Crippen LogP contribution in [-0.4, -0.2) is 45.3 Å². The van der Waals surface area contributed by atoms with E-state index in [-0.39, 0.29) is 23.6 Å². The molecule has 0 spiro atoms. The van der Waals surface area contributed by atoms with Crippen molar-refractivity contribution in [3.63, 3.8) is 0 Å². The fourth-order valence-corrected chi connectivity index (χ4v) is 4.50. The number of benzene rings is 3. The van der Waals surface area contributed by atoms with Gasteiger partial charge in [0.25, 0.3) is 5.91 Å². The van der Waals surface area contributed by atoms with E-state index >= 15 is 0 Å². The SMILES string of the molecule is COc1ccc(OCC2c3cc(OC)c(OC)cc3CCN2C(=O)c2cccc(Cl)c2Cl)cc1. The van der Waals surface area contributed by atoms with Crippen molar-refractivity contribution < 1.29 is 23.7 Å². The average Bonchev–Trinajstić information content (AvgIpc) is 2.87. The van der Waals surface area contributed by atoms with Crippen LogP contribution in [0, 0.1) is 0 Å². The largest absolute Gasteiger partial charge is 0.497 e. The van der Waals surface area contributed by atoms with Crippen molar-refractivity contribution >= 4 is 29.1 Å². The van der Waals surface area contributed by atoms with Crippen LogP contribution in [0.4, 0.5) is 0 Å². The third kappa shape index (κ3) is 4.74. The van der Waals surface area contributed by atoms with Gasteiger partial charge in [0.1, 0.15) is 18.1 Å². The molecular formula is C26H25Cl2NO5. The van der Waals surface area contributed by atoms with Crippen molar-refractivity contribution in [3.8, 4) is 23.0 Å². The molecule has 1 aliphatic rings. The lowest BCUT2D eigenvalue weighted by molar-refractivity contribution is 0.0589. The van der Waals surface area contributed by atoms with Crippen LogP contribution in [0.5, 0.6) is 23.0 Å². The van der Waals surface area contributed by atoms with Gasteiger partial charge in [-0.05, 0) is 66.1 Å². The Kier molecular flexibility index (Phi) is 7.39. The molecule has 0 aromatic heterocycles. The number of halogens is 2. The van der Waals surface area contributed by atoms with Crippen molar-refractivity contribution in [3.05, 3.63) is 81.3 Å². The van der Waals surface area contributed by atoms with E-state index in [0.717, 1.165) is 16.9 Å². The summed E-state index contributed by atoms with van der Waals surface area (Å²) in [4.78, 5) is 15.4. The summed E-state index contributed by atoms with van der Waals surface area (Å²) in [6.07, 6.45) is 0.651. The lowest BCUT2D eigenvalue weighted by atomic mass is 9.91. The van der Waals surface area contributed by atoms with Gasteiger partial charge < -0.3 is 23.8 Å². The molecular weight excluding hydrogens is 477 g/mol. The third-order valence-electron chi connectivity index (χ3n) is 5.91. The van der Waals surface area contributed by atoms with Crippen LogP contribution in [0.3, 0.4) is 0 Å². The Morgan fingerprint density at radius 3 is 2.29 bits per heavy atom. The summed E-state index contributed by atoms with van der Waals surface area (Å²) in [5, 5.41) is 0.574. The lowest BCUT2D eigenvalue weighted by Gasteiger charge is -2.38. The monoisotopic (exact) mass is 501 g/mol. The first-order valence-corrected chi connectivity index (χ1v) is 11.5. The Labute approximate surface area is 208 Å². The maximum Gasteiger partial charge on any atom is 0.256 e. The minimum Gasteiger partial charge on any atom is -0.497 e. The van der Waals surface area contributed by atoms with Gasteiger partial charge in [0.15, 0.2) is 11.5 Å². The van der Waals surface area contributed by atoms with Gasteiger partial charge in [-0.1, -0.05) is 29.3 Å². The Hall–Kier alpha value is -3.09. The normalized spacial score (nSPS) is 14.9. The molecule has 1 heterocycles. The summed E-state index contributed by atoms with van der Waals surface area (Å²) in [5.41, 5.74) is 2.36. The molecule has 0 bridgehead atoms. The van der Waals surface area contributed by atoms with E-state index in [1.807, 2.05) is 36.4 Å². The molecule has 0 aliphatic carbocycles. The summed E-state index contributed by atoms with van der Waals surface area (Å²) in [5.74, 6) is 2.43. The molecule has 34 heavy (non-hydrogen) atoms. The molecule has 178 valence electrons. The van der Waals surface area contributed by atoms with Crippen molar-refractivity contribution in [2.75, 3.05) is 34.5 Å². The molecule has 1 amide bonds. The highest BCUT2D eigenvalue weighted by Crippen LogP contribution is 2.39. The standard InChI is InChI=1S/C26H25Cl2NO5/c1-31-17-7-9-18(10-8-17)34-15-22-20-14-24(33-3)23(32-2)13-16(20)11-12-29(22)26(30)19-5-4-6-21(27)25(19)28/h4-10,13-14,22H,11-12,15H2,1-3H3. The zero-order valence-electron chi connectivity index (χ0n) is 19.1. The van der Waals surface area contributed by atoms with Crippen molar-refractivity contribution in [1.29, 1.82) is 0 Å². The van der Waals surface area contributed by atoms with Crippen molar-refractivity contribution in [1.82, 2.24) is 4.90 Å². The molecule has 8 heteroatoms. The quantitative estimate of drug-likeness (QED) is 0.407. The highest BCUT2D eigenvalue weighted by Gasteiger charge is 2.34. The van der Waals surface area contributed by atoms with Crippen LogP contribution in [0.15, 0.2) is 54.6 Å². The molecule has 4 rings (SSSR count). The van der Waals surface area contributed by atoms with Crippen LogP contribution in [0.25, 0.3) is 0 Å². The van der Waals surface area contributed by atoms with Crippen LogP contribution < -0.4 is 18.9 Å². The molecule has 0 saturated heterocycles. The smallest absolute Gasteiger partial charge is 0.256 e. The average molecular weight is 502 g/mol. The number of carbonyl (C=O) groups is 1. The molecule has 0 fully saturated rings. The molecule has 0 saturated carbocycles. The van der Waals surface area contributed by atoms with Crippen LogP contribution in [-0.2, 0) is 6.42 Å². The fraction of sp³-hybridized carbons (Fsp3) is 0.269. The van der Waals surface area contributed by atoms with Gasteiger partial charge in [-0.2, -0.15) is 0 Å². The molecule has 1 unspecified atom stereocenters. The number of hydrogen-bond acceptors (Lipinski definition) is 5. The van der Waals surface area contributed by atoms with Gasteiger partial charge in [0.05, 0.1) is 43.0 Å². The highest BCUT2D eigenvalue weighted by molar-refractivity contribution is 6.43. The van der Waals surface area contributed by atoms with Crippen LogP contribution >= 0.6 is 23.2 Å². The van der Waals surface area contributed by atoms with Gasteiger partial charge in [-0.15, -0.1) is 0 Å². The summed E-state index contributed by atoms with van der Waals surface area (Å²) in [6, 6.07) is 15.9. The van der Waals surface area contributed by atoms with E-state index in [9.17, 15) is 4.79 Å². The zero-order chi connectivity index (χ0) is 24.2. The van der Waals surface area contributed by atoms with Crippen molar-refractivity contribution in [2.45, 2.75) is 12.5 Å². The number of rotatable bonds is 7. The minimum atomic E-state index is -0.381. The second-order valence-electron chi connectivity index (χ2n) is 7.76. The van der Waals surface area contributed by atoms with E-state index in [4.69, 9.17) is 42.1 Å². The fourth-order valence-electron chi connectivity index (χ4n) is 4.12. The van der Waals surface area contributed by atoms with Crippen LogP contribution in [0.2, 0.25) is 10.0 Å². The number of amides is 1. The first kappa shape index (κ1) is 24.0. The van der Waals surface area contributed by atoms with Gasteiger partial charge in [-0.3, -0.25) is 4.79 Å². The molecule has 6 nitrogen and oxygen atoms in total. The number of methoxy groups -OCH3 is 3. The summed E-state index contributed by atoms with van der Waals surface area (Å²) < 4.78 is 22.4. The van der Waals surface area contributed by atoms with E-state index in [2.05, 4.69) is 0 Å². The number of nitrogens with zero attached hydrogens (tertiary/aromatic N) is 1. The minimum absolute atomic E-state index is 0.212. The lowest BCUT2D eigenvalue weighted by Crippen LogP contribution is -2.42. The summed E-state index contributed by atoms with van der Waals surface area (Å²) in [6.45, 7) is 0.722. The predicted molar refractivity (Wildman–Crippen MR) is 132 cm³/mol. The molecule has 3 aromatic rings. The summed E-state index contributed by atoms with van der Waals surface area (Å²) >= 11 is 12.6. The number of fused-ring (bicyclic) bond motifs is 1. The van der Waals surface area contributed by atoms with Gasteiger partial charge in [-0.25, -0.2) is 0 Å². The second kappa shape index (κ2) is 10.5. The zero-order valence-corrected chi connectivity index (χ0v) is 20.7. The Morgan fingerprint density at radius 2 is 1.62 bits per heavy atom. The Bertz CT molecular complexity index is 1180. The second-order valence-corrected chi connectivity index (χ2v) is 8.54. The maximum atomic E-state index is 13.6.